The quantitative estimate of drug-likeness (QED) is 0.157. The molecule has 0 bridgehead atoms. The summed E-state index contributed by atoms with van der Waals surface area (Å²) in [6.07, 6.45) is 4.62. The van der Waals surface area contributed by atoms with Crippen LogP contribution in [-0.2, 0) is 9.63 Å². The van der Waals surface area contributed by atoms with E-state index in [9.17, 15) is 14.9 Å². The highest BCUT2D eigenvalue weighted by atomic mass is 33.1. The maximum atomic E-state index is 11.6. The van der Waals surface area contributed by atoms with E-state index in [0.717, 1.165) is 0 Å². The zero-order valence-electron chi connectivity index (χ0n) is 12.5. The maximum absolute atomic E-state index is 11.6. The molecule has 0 spiro atoms. The van der Waals surface area contributed by atoms with E-state index in [1.165, 1.54) is 27.8 Å². The fraction of sp³-hybridized carbons (Fsp3) is 0.583. The summed E-state index contributed by atoms with van der Waals surface area (Å²) in [5.74, 6) is 0.997. The Balaban J connectivity index is 0. The summed E-state index contributed by atoms with van der Waals surface area (Å²) in [4.78, 5) is 25.6. The molecule has 0 aliphatic rings. The van der Waals surface area contributed by atoms with Crippen LogP contribution in [0.25, 0.3) is 0 Å². The van der Waals surface area contributed by atoms with Gasteiger partial charge in [0.25, 0.3) is 11.0 Å². The summed E-state index contributed by atoms with van der Waals surface area (Å²) in [6.45, 7) is 6.37. The number of allylic oxidation sites excluding steroid dienone is 1. The van der Waals surface area contributed by atoms with Gasteiger partial charge in [-0.05, 0) is 6.92 Å². The first-order valence-corrected chi connectivity index (χ1v) is 8.95. The Morgan fingerprint density at radius 1 is 1.38 bits per heavy atom. The van der Waals surface area contributed by atoms with Crippen molar-refractivity contribution in [1.82, 2.24) is 5.32 Å². The molecule has 1 amide bonds. The monoisotopic (exact) mass is 337 g/mol. The minimum Gasteiger partial charge on any atom is -0.404 e. The van der Waals surface area contributed by atoms with Crippen LogP contribution >= 0.6 is 21.6 Å². The molecule has 0 radical (unpaired) electrons. The van der Waals surface area contributed by atoms with Gasteiger partial charge in [-0.1, -0.05) is 47.6 Å². The molecule has 0 aliphatic carbocycles. The molecule has 0 atom stereocenters. The average Bonchev–Trinajstić information content (AvgIpc) is 2.49. The minimum atomic E-state index is -0.812. The first-order valence-electron chi connectivity index (χ1n) is 6.46. The summed E-state index contributed by atoms with van der Waals surface area (Å²) in [5, 5.41) is 11.8. The van der Waals surface area contributed by atoms with Crippen LogP contribution in [0, 0.1) is 10.1 Å². The molecule has 0 aliphatic heterocycles. The number of carbonyl (C=O) groups excluding carboxylic acids is 1. The highest BCUT2D eigenvalue weighted by Crippen LogP contribution is 2.19. The van der Waals surface area contributed by atoms with Crippen molar-refractivity contribution in [3.05, 3.63) is 34.0 Å². The fourth-order valence-corrected chi connectivity index (χ4v) is 2.68. The van der Waals surface area contributed by atoms with Crippen molar-refractivity contribution in [2.45, 2.75) is 20.8 Å². The lowest BCUT2D eigenvalue weighted by Gasteiger charge is -2.05. The van der Waals surface area contributed by atoms with Crippen molar-refractivity contribution in [3.8, 4) is 0 Å². The number of hydrogen-bond acceptors (Lipinski definition) is 7. The van der Waals surface area contributed by atoms with E-state index in [4.69, 9.17) is 5.73 Å². The third-order valence-electron chi connectivity index (χ3n) is 1.71. The lowest BCUT2D eigenvalue weighted by atomic mass is 10.2. The fourth-order valence-electron chi connectivity index (χ4n) is 0.958. The van der Waals surface area contributed by atoms with Crippen molar-refractivity contribution < 1.29 is 14.7 Å². The molecule has 0 unspecified atom stereocenters. The van der Waals surface area contributed by atoms with E-state index in [1.54, 1.807) is 19.1 Å². The lowest BCUT2D eigenvalue weighted by molar-refractivity contribution is -0.756. The number of nitrogens with one attached hydrogen (secondary N) is 1. The van der Waals surface area contributed by atoms with E-state index >= 15 is 0 Å². The molecular formula is C12H23N3O4S2. The third kappa shape index (κ3) is 14.9. The number of nitrogens with two attached hydrogens (primary N) is 1. The Labute approximate surface area is 133 Å². The van der Waals surface area contributed by atoms with Crippen molar-refractivity contribution in [2.24, 2.45) is 5.73 Å². The molecule has 0 aromatic rings. The van der Waals surface area contributed by atoms with Crippen molar-refractivity contribution in [1.29, 1.82) is 0 Å². The van der Waals surface area contributed by atoms with E-state index in [-0.39, 0.29) is 12.5 Å². The molecule has 0 fully saturated rings. The van der Waals surface area contributed by atoms with Gasteiger partial charge >= 0.3 is 0 Å². The van der Waals surface area contributed by atoms with Crippen LogP contribution in [0.2, 0.25) is 0 Å². The molecule has 0 heterocycles. The second kappa shape index (κ2) is 16.7. The van der Waals surface area contributed by atoms with Crippen molar-refractivity contribution in [3.63, 3.8) is 0 Å². The van der Waals surface area contributed by atoms with Gasteiger partial charge in [0.2, 0.25) is 0 Å². The first-order chi connectivity index (χ1) is 10.1. The van der Waals surface area contributed by atoms with Crippen LogP contribution in [0.4, 0.5) is 0 Å². The molecule has 9 heteroatoms. The zero-order valence-corrected chi connectivity index (χ0v) is 14.2. The van der Waals surface area contributed by atoms with E-state index in [0.29, 0.717) is 23.6 Å². The Morgan fingerprint density at radius 3 is 2.52 bits per heavy atom. The predicted molar refractivity (Wildman–Crippen MR) is 89.3 cm³/mol. The van der Waals surface area contributed by atoms with Gasteiger partial charge in [-0.3, -0.25) is 4.79 Å². The molecule has 122 valence electrons. The standard InChI is InChI=1S/C10H17N3O4S2.C2H6/c1-2-3-9(8-11)10(14)12-4-6-18-19-7-5-17-13(15)16;1-2/h2-3,8H,4-7,11H2,1H3,(H,12,14);1-2H3/b3-2-,9-8+;. The molecule has 0 rings (SSSR count). The van der Waals surface area contributed by atoms with Crippen LogP contribution in [-0.4, -0.2) is 35.7 Å². The number of carbonyl (C=O) groups is 1. The Morgan fingerprint density at radius 2 is 2.00 bits per heavy atom. The topological polar surface area (TPSA) is 107 Å². The van der Waals surface area contributed by atoms with E-state index in [1.807, 2.05) is 13.8 Å². The van der Waals surface area contributed by atoms with Crippen LogP contribution in [0.3, 0.4) is 0 Å². The second-order valence-electron chi connectivity index (χ2n) is 3.08. The van der Waals surface area contributed by atoms with Crippen molar-refractivity contribution >= 4 is 27.5 Å². The number of nitrogens with zero attached hydrogens (tertiary/aromatic N) is 1. The van der Waals surface area contributed by atoms with Crippen molar-refractivity contribution in [2.75, 3.05) is 24.7 Å². The molecule has 0 aromatic heterocycles. The van der Waals surface area contributed by atoms with Gasteiger partial charge in [-0.15, -0.1) is 10.1 Å². The van der Waals surface area contributed by atoms with Gasteiger partial charge in [0.15, 0.2) is 0 Å². The molecule has 0 saturated carbocycles. The summed E-state index contributed by atoms with van der Waals surface area (Å²) in [7, 11) is 2.96. The lowest BCUT2D eigenvalue weighted by Crippen LogP contribution is -2.27. The largest absolute Gasteiger partial charge is 0.404 e. The summed E-state index contributed by atoms with van der Waals surface area (Å²) in [6, 6.07) is 0. The SMILES string of the molecule is C/C=C\C(=C/N)C(=O)NCCSSCCO[N+](=O)[O-].CC. The summed E-state index contributed by atoms with van der Waals surface area (Å²) in [5.41, 5.74) is 5.73. The van der Waals surface area contributed by atoms with E-state index in [2.05, 4.69) is 10.2 Å². The normalized spacial score (nSPS) is 10.7. The van der Waals surface area contributed by atoms with Gasteiger partial charge < -0.3 is 15.9 Å². The highest BCUT2D eigenvalue weighted by Gasteiger charge is 2.04. The third-order valence-corrected chi connectivity index (χ3v) is 4.08. The average molecular weight is 337 g/mol. The molecular weight excluding hydrogens is 314 g/mol. The Bertz CT molecular complexity index is 349. The molecule has 0 saturated heterocycles. The summed E-state index contributed by atoms with van der Waals surface area (Å²) >= 11 is 0. The zero-order chi connectivity index (χ0) is 16.5. The number of rotatable bonds is 10. The maximum Gasteiger partial charge on any atom is 0.294 e. The van der Waals surface area contributed by atoms with Gasteiger partial charge in [0, 0.05) is 24.3 Å². The molecule has 21 heavy (non-hydrogen) atoms. The Kier molecular flexibility index (Phi) is 17.5. The molecule has 3 N–H and O–H groups in total. The number of hydrogen-bond donors (Lipinski definition) is 2. The van der Waals surface area contributed by atoms with Gasteiger partial charge in [0.05, 0.1) is 5.57 Å². The first kappa shape index (κ1) is 21.9. The smallest absolute Gasteiger partial charge is 0.294 e. The van der Waals surface area contributed by atoms with E-state index < -0.39 is 5.09 Å². The molecule has 0 aromatic carbocycles. The van der Waals surface area contributed by atoms with Crippen LogP contribution < -0.4 is 11.1 Å². The van der Waals surface area contributed by atoms with Gasteiger partial charge in [0.1, 0.15) is 6.61 Å². The van der Waals surface area contributed by atoms with Crippen LogP contribution in [0.5, 0.6) is 0 Å². The van der Waals surface area contributed by atoms with Gasteiger partial charge in [-0.2, -0.15) is 0 Å². The predicted octanol–water partition coefficient (Wildman–Crippen LogP) is 2.14. The van der Waals surface area contributed by atoms with Crippen LogP contribution in [0.1, 0.15) is 20.8 Å². The Hall–Kier alpha value is -1.35. The summed E-state index contributed by atoms with van der Waals surface area (Å²) < 4.78 is 0. The molecule has 7 nitrogen and oxygen atoms in total. The second-order valence-corrected chi connectivity index (χ2v) is 5.78. The minimum absolute atomic E-state index is 0.0678. The van der Waals surface area contributed by atoms with Crippen LogP contribution in [0.15, 0.2) is 23.9 Å². The van der Waals surface area contributed by atoms with Gasteiger partial charge in [-0.25, -0.2) is 0 Å². The number of amides is 1. The highest BCUT2D eigenvalue weighted by molar-refractivity contribution is 8.76.